The Hall–Kier alpha value is -2.62. The Morgan fingerprint density at radius 3 is 2.90 bits per heavy atom. The summed E-state index contributed by atoms with van der Waals surface area (Å²) < 4.78 is 10.2. The summed E-state index contributed by atoms with van der Waals surface area (Å²) in [5.74, 6) is -0.871. The highest BCUT2D eigenvalue weighted by atomic mass is 16.5. The second-order valence-corrected chi connectivity index (χ2v) is 4.09. The first-order valence-corrected chi connectivity index (χ1v) is 6.46. The van der Waals surface area contributed by atoms with Crippen LogP contribution in [0, 0.1) is 11.3 Å². The molecule has 0 aromatic carbocycles. The van der Waals surface area contributed by atoms with Crippen LogP contribution in [0.15, 0.2) is 18.3 Å². The number of esters is 1. The summed E-state index contributed by atoms with van der Waals surface area (Å²) >= 11 is 0. The fourth-order valence-electron chi connectivity index (χ4n) is 1.46. The van der Waals surface area contributed by atoms with Gasteiger partial charge in [0.25, 0.3) is 5.91 Å². The van der Waals surface area contributed by atoms with E-state index in [2.05, 4.69) is 4.98 Å². The largest absolute Gasteiger partial charge is 0.477 e. The number of rotatable bonds is 7. The minimum Gasteiger partial charge on any atom is -0.477 e. The molecule has 7 nitrogen and oxygen atoms in total. The van der Waals surface area contributed by atoms with Gasteiger partial charge in [-0.1, -0.05) is 0 Å². The Balaban J connectivity index is 2.58. The smallest absolute Gasteiger partial charge is 0.344 e. The third kappa shape index (κ3) is 5.10. The SMILES string of the molecule is CCOc1ncccc1C(=O)OCC(=O)N(C)CCC#N. The van der Waals surface area contributed by atoms with Gasteiger partial charge < -0.3 is 14.4 Å². The van der Waals surface area contributed by atoms with E-state index in [1.807, 2.05) is 6.07 Å². The number of hydrogen-bond donors (Lipinski definition) is 0. The Bertz CT molecular complexity index is 539. The maximum Gasteiger partial charge on any atom is 0.344 e. The first-order chi connectivity index (χ1) is 10.1. The zero-order chi connectivity index (χ0) is 15.7. The van der Waals surface area contributed by atoms with Crippen LogP contribution in [0.4, 0.5) is 0 Å². The third-order valence-electron chi connectivity index (χ3n) is 2.58. The summed E-state index contributed by atoms with van der Waals surface area (Å²) in [7, 11) is 1.54. The minimum atomic E-state index is -0.673. The molecule has 1 rings (SSSR count). The summed E-state index contributed by atoms with van der Waals surface area (Å²) in [5.41, 5.74) is 0.173. The Morgan fingerprint density at radius 1 is 1.48 bits per heavy atom. The molecular weight excluding hydrogens is 274 g/mol. The quantitative estimate of drug-likeness (QED) is 0.696. The molecule has 0 aliphatic rings. The number of aromatic nitrogens is 1. The van der Waals surface area contributed by atoms with Gasteiger partial charge in [-0.3, -0.25) is 4.79 Å². The number of nitrogens with zero attached hydrogens (tertiary/aromatic N) is 3. The van der Waals surface area contributed by atoms with Crippen molar-refractivity contribution in [3.63, 3.8) is 0 Å². The molecule has 0 atom stereocenters. The monoisotopic (exact) mass is 291 g/mol. The van der Waals surface area contributed by atoms with Crippen molar-refractivity contribution in [3.05, 3.63) is 23.9 Å². The Labute approximate surface area is 123 Å². The number of carbonyl (C=O) groups excluding carboxylic acids is 2. The summed E-state index contributed by atoms with van der Waals surface area (Å²) in [6, 6.07) is 5.04. The zero-order valence-corrected chi connectivity index (χ0v) is 12.0. The number of carbonyl (C=O) groups is 2. The van der Waals surface area contributed by atoms with E-state index in [9.17, 15) is 9.59 Å². The van der Waals surface area contributed by atoms with Crippen LogP contribution < -0.4 is 4.74 Å². The van der Waals surface area contributed by atoms with Gasteiger partial charge in [0.1, 0.15) is 5.56 Å². The molecule has 0 N–H and O–H groups in total. The van der Waals surface area contributed by atoms with E-state index in [1.54, 1.807) is 20.0 Å². The van der Waals surface area contributed by atoms with Crippen molar-refractivity contribution in [3.8, 4) is 11.9 Å². The molecule has 1 aromatic heterocycles. The number of nitriles is 1. The van der Waals surface area contributed by atoms with Gasteiger partial charge in [0, 0.05) is 19.8 Å². The lowest BCUT2D eigenvalue weighted by Crippen LogP contribution is -2.32. The van der Waals surface area contributed by atoms with Crippen molar-refractivity contribution >= 4 is 11.9 Å². The van der Waals surface area contributed by atoms with Crippen LogP contribution >= 0.6 is 0 Å². The molecule has 112 valence electrons. The van der Waals surface area contributed by atoms with Gasteiger partial charge in [0.05, 0.1) is 19.1 Å². The van der Waals surface area contributed by atoms with Crippen LogP contribution in [0.5, 0.6) is 5.88 Å². The van der Waals surface area contributed by atoms with Crippen LogP contribution in [0.1, 0.15) is 23.7 Å². The van der Waals surface area contributed by atoms with E-state index in [0.29, 0.717) is 13.2 Å². The van der Waals surface area contributed by atoms with Crippen molar-refractivity contribution in [2.75, 3.05) is 26.8 Å². The van der Waals surface area contributed by atoms with Gasteiger partial charge in [-0.25, -0.2) is 9.78 Å². The lowest BCUT2D eigenvalue weighted by atomic mass is 10.3. The number of hydrogen-bond acceptors (Lipinski definition) is 6. The molecule has 1 aromatic rings. The predicted octanol–water partition coefficient (Wildman–Crippen LogP) is 1.01. The summed E-state index contributed by atoms with van der Waals surface area (Å²) in [4.78, 5) is 28.9. The normalized spacial score (nSPS) is 9.57. The van der Waals surface area contributed by atoms with E-state index >= 15 is 0 Å². The van der Waals surface area contributed by atoms with Crippen LogP contribution in [0.25, 0.3) is 0 Å². The molecular formula is C14H17N3O4. The van der Waals surface area contributed by atoms with E-state index in [0.717, 1.165) is 0 Å². The second-order valence-electron chi connectivity index (χ2n) is 4.09. The van der Waals surface area contributed by atoms with Crippen LogP contribution in [0.2, 0.25) is 0 Å². The van der Waals surface area contributed by atoms with E-state index < -0.39 is 5.97 Å². The van der Waals surface area contributed by atoms with Crippen LogP contribution in [0.3, 0.4) is 0 Å². The fraction of sp³-hybridized carbons (Fsp3) is 0.429. The van der Waals surface area contributed by atoms with E-state index in [4.69, 9.17) is 14.7 Å². The molecule has 0 aliphatic heterocycles. The molecule has 0 fully saturated rings. The van der Waals surface area contributed by atoms with Gasteiger partial charge >= 0.3 is 5.97 Å². The zero-order valence-electron chi connectivity index (χ0n) is 12.0. The highest BCUT2D eigenvalue weighted by molar-refractivity contribution is 5.93. The average molecular weight is 291 g/mol. The van der Waals surface area contributed by atoms with Gasteiger partial charge in [0.15, 0.2) is 6.61 Å². The molecule has 0 bridgehead atoms. The first-order valence-electron chi connectivity index (χ1n) is 6.46. The predicted molar refractivity (Wildman–Crippen MR) is 73.6 cm³/mol. The van der Waals surface area contributed by atoms with E-state index in [-0.39, 0.29) is 30.4 Å². The number of likely N-dealkylation sites (N-methyl/N-ethyl adjacent to an activating group) is 1. The maximum atomic E-state index is 11.9. The van der Waals surface area contributed by atoms with Crippen LogP contribution in [-0.2, 0) is 9.53 Å². The molecule has 0 saturated carbocycles. The van der Waals surface area contributed by atoms with Gasteiger partial charge in [-0.2, -0.15) is 5.26 Å². The van der Waals surface area contributed by atoms with E-state index in [1.165, 1.54) is 17.2 Å². The standard InChI is InChI=1S/C14H17N3O4/c1-3-20-13-11(6-4-8-16-13)14(19)21-10-12(18)17(2)9-5-7-15/h4,6,8H,3,5,9-10H2,1-2H3. The third-order valence-corrected chi connectivity index (χ3v) is 2.58. The topological polar surface area (TPSA) is 92.5 Å². The highest BCUT2D eigenvalue weighted by Crippen LogP contribution is 2.15. The first kappa shape index (κ1) is 16.4. The molecule has 0 aliphatic carbocycles. The van der Waals surface area contributed by atoms with Crippen molar-refractivity contribution < 1.29 is 19.1 Å². The van der Waals surface area contributed by atoms with Gasteiger partial charge in [-0.15, -0.1) is 0 Å². The Kier molecular flexibility index (Phi) is 6.68. The molecule has 1 amide bonds. The van der Waals surface area contributed by atoms with Crippen molar-refractivity contribution in [2.24, 2.45) is 0 Å². The average Bonchev–Trinajstić information content (AvgIpc) is 2.50. The molecule has 0 unspecified atom stereocenters. The lowest BCUT2D eigenvalue weighted by Gasteiger charge is -2.15. The lowest BCUT2D eigenvalue weighted by molar-refractivity contribution is -0.133. The number of pyridine rings is 1. The number of ether oxygens (including phenoxy) is 2. The molecule has 1 heterocycles. The fourth-order valence-corrected chi connectivity index (χ4v) is 1.46. The Morgan fingerprint density at radius 2 is 2.24 bits per heavy atom. The number of amides is 1. The maximum absolute atomic E-state index is 11.9. The summed E-state index contributed by atoms with van der Waals surface area (Å²) in [5, 5.41) is 8.45. The molecule has 21 heavy (non-hydrogen) atoms. The van der Waals surface area contributed by atoms with Crippen molar-refractivity contribution in [2.45, 2.75) is 13.3 Å². The van der Waals surface area contributed by atoms with Gasteiger partial charge in [0.2, 0.25) is 5.88 Å². The summed E-state index contributed by atoms with van der Waals surface area (Å²) in [6.45, 7) is 2.05. The van der Waals surface area contributed by atoms with Crippen molar-refractivity contribution in [1.82, 2.24) is 9.88 Å². The summed E-state index contributed by atoms with van der Waals surface area (Å²) in [6.07, 6.45) is 1.73. The molecule has 0 spiro atoms. The highest BCUT2D eigenvalue weighted by Gasteiger charge is 2.17. The van der Waals surface area contributed by atoms with Crippen molar-refractivity contribution in [1.29, 1.82) is 5.26 Å². The second kappa shape index (κ2) is 8.53. The van der Waals surface area contributed by atoms with Gasteiger partial charge in [-0.05, 0) is 19.1 Å². The molecule has 0 radical (unpaired) electrons. The molecule has 0 saturated heterocycles. The minimum absolute atomic E-state index is 0.173. The van der Waals surface area contributed by atoms with Crippen LogP contribution in [-0.4, -0.2) is 48.6 Å². The molecule has 7 heteroatoms.